The van der Waals surface area contributed by atoms with Crippen molar-refractivity contribution in [3.05, 3.63) is 28.2 Å². The van der Waals surface area contributed by atoms with Gasteiger partial charge in [-0.2, -0.15) is 0 Å². The van der Waals surface area contributed by atoms with Crippen LogP contribution in [0.25, 0.3) is 0 Å². The van der Waals surface area contributed by atoms with E-state index in [1.165, 1.54) is 0 Å². The molecule has 0 saturated heterocycles. The molecule has 0 fully saturated rings. The predicted octanol–water partition coefficient (Wildman–Crippen LogP) is 2.43. The van der Waals surface area contributed by atoms with Gasteiger partial charge in [-0.3, -0.25) is 0 Å². The van der Waals surface area contributed by atoms with Crippen LogP contribution in [0.3, 0.4) is 0 Å². The van der Waals surface area contributed by atoms with Gasteiger partial charge in [-0.05, 0) is 47.8 Å². The van der Waals surface area contributed by atoms with Gasteiger partial charge in [0.15, 0.2) is 0 Å². The number of hydrogen-bond acceptors (Lipinski definition) is 2. The van der Waals surface area contributed by atoms with E-state index in [1.807, 2.05) is 26.0 Å². The highest BCUT2D eigenvalue weighted by Gasteiger charge is 2.14. The number of phenols is 1. The zero-order valence-electron chi connectivity index (χ0n) is 7.84. The minimum atomic E-state index is -0.254. The zero-order chi connectivity index (χ0) is 10.1. The number of hydrogen-bond donors (Lipinski definition) is 2. The Morgan fingerprint density at radius 3 is 2.62 bits per heavy atom. The van der Waals surface area contributed by atoms with Gasteiger partial charge in [0.05, 0.1) is 4.47 Å². The van der Waals surface area contributed by atoms with E-state index >= 15 is 0 Å². The van der Waals surface area contributed by atoms with Crippen LogP contribution in [0.1, 0.15) is 19.4 Å². The van der Waals surface area contributed by atoms with Crippen LogP contribution in [0.2, 0.25) is 0 Å². The summed E-state index contributed by atoms with van der Waals surface area (Å²) in [6, 6.07) is 5.43. The molecule has 3 heteroatoms. The molecule has 1 aromatic rings. The fourth-order valence-electron chi connectivity index (χ4n) is 1.19. The van der Waals surface area contributed by atoms with Gasteiger partial charge in [-0.1, -0.05) is 12.1 Å². The lowest BCUT2D eigenvalue weighted by Gasteiger charge is -2.19. The first-order chi connectivity index (χ1) is 5.90. The van der Waals surface area contributed by atoms with Gasteiger partial charge in [-0.25, -0.2) is 0 Å². The van der Waals surface area contributed by atoms with Crippen LogP contribution in [0.15, 0.2) is 22.7 Å². The maximum atomic E-state index is 9.41. The van der Waals surface area contributed by atoms with E-state index in [4.69, 9.17) is 5.73 Å². The van der Waals surface area contributed by atoms with Crippen LogP contribution in [-0.4, -0.2) is 10.6 Å². The van der Waals surface area contributed by atoms with E-state index in [0.29, 0.717) is 0 Å². The Morgan fingerprint density at radius 1 is 1.46 bits per heavy atom. The van der Waals surface area contributed by atoms with E-state index in [9.17, 15) is 5.11 Å². The lowest BCUT2D eigenvalue weighted by Crippen LogP contribution is -2.34. The largest absolute Gasteiger partial charge is 0.507 e. The van der Waals surface area contributed by atoms with E-state index in [1.54, 1.807) is 6.07 Å². The molecule has 0 unspecified atom stereocenters. The van der Waals surface area contributed by atoms with Crippen LogP contribution in [0.5, 0.6) is 5.75 Å². The van der Waals surface area contributed by atoms with Crippen molar-refractivity contribution in [2.75, 3.05) is 0 Å². The third kappa shape index (κ3) is 3.01. The molecule has 0 aliphatic heterocycles. The van der Waals surface area contributed by atoms with Gasteiger partial charge in [-0.15, -0.1) is 0 Å². The van der Waals surface area contributed by atoms with E-state index in [-0.39, 0.29) is 11.3 Å². The van der Waals surface area contributed by atoms with E-state index in [2.05, 4.69) is 15.9 Å². The van der Waals surface area contributed by atoms with Crippen LogP contribution in [-0.2, 0) is 6.42 Å². The molecule has 0 atom stereocenters. The summed E-state index contributed by atoms with van der Waals surface area (Å²) in [5, 5.41) is 9.41. The van der Waals surface area contributed by atoms with Gasteiger partial charge in [0, 0.05) is 5.54 Å². The summed E-state index contributed by atoms with van der Waals surface area (Å²) in [5.41, 5.74) is 6.67. The maximum Gasteiger partial charge on any atom is 0.130 e. The molecular formula is C10H14BrNO. The molecule has 0 aliphatic rings. The van der Waals surface area contributed by atoms with Crippen LogP contribution in [0.4, 0.5) is 0 Å². The first-order valence-electron chi connectivity index (χ1n) is 4.15. The fraction of sp³-hybridized carbons (Fsp3) is 0.400. The number of rotatable bonds is 2. The Balaban J connectivity index is 2.96. The van der Waals surface area contributed by atoms with Gasteiger partial charge >= 0.3 is 0 Å². The zero-order valence-corrected chi connectivity index (χ0v) is 9.43. The number of aromatic hydroxyl groups is 1. The monoisotopic (exact) mass is 243 g/mol. The van der Waals surface area contributed by atoms with E-state index < -0.39 is 0 Å². The van der Waals surface area contributed by atoms with Crippen molar-refractivity contribution in [2.45, 2.75) is 25.8 Å². The standard InChI is InChI=1S/C10H14BrNO/c1-10(2,12)6-7-4-3-5-8(13)9(7)11/h3-5,13H,6,12H2,1-2H3. The summed E-state index contributed by atoms with van der Waals surface area (Å²) in [6.45, 7) is 3.92. The van der Waals surface area contributed by atoms with Crippen molar-refractivity contribution in [3.8, 4) is 5.75 Å². The molecule has 1 aromatic carbocycles. The molecule has 0 radical (unpaired) electrons. The van der Waals surface area contributed by atoms with Crippen LogP contribution < -0.4 is 5.73 Å². The average molecular weight is 244 g/mol. The highest BCUT2D eigenvalue weighted by Crippen LogP contribution is 2.29. The van der Waals surface area contributed by atoms with Gasteiger partial charge in [0.2, 0.25) is 0 Å². The normalized spacial score (nSPS) is 11.7. The molecule has 0 aliphatic carbocycles. The molecule has 2 nitrogen and oxygen atoms in total. The summed E-state index contributed by atoms with van der Waals surface area (Å²) in [5.74, 6) is 0.266. The highest BCUT2D eigenvalue weighted by atomic mass is 79.9. The fourth-order valence-corrected chi connectivity index (χ4v) is 1.60. The van der Waals surface area contributed by atoms with Crippen molar-refractivity contribution in [3.63, 3.8) is 0 Å². The second kappa shape index (κ2) is 3.68. The average Bonchev–Trinajstić information content (AvgIpc) is 1.96. The lowest BCUT2D eigenvalue weighted by atomic mass is 9.96. The third-order valence-corrected chi connectivity index (χ3v) is 2.62. The second-order valence-corrected chi connectivity index (χ2v) is 4.71. The smallest absolute Gasteiger partial charge is 0.130 e. The Bertz CT molecular complexity index is 304. The second-order valence-electron chi connectivity index (χ2n) is 3.92. The van der Waals surface area contributed by atoms with Gasteiger partial charge < -0.3 is 10.8 Å². The van der Waals surface area contributed by atoms with Gasteiger partial charge in [0.25, 0.3) is 0 Å². The summed E-state index contributed by atoms with van der Waals surface area (Å²) >= 11 is 3.33. The number of halogens is 1. The van der Waals surface area contributed by atoms with Gasteiger partial charge in [0.1, 0.15) is 5.75 Å². The molecule has 0 heterocycles. The molecule has 1 rings (SSSR count). The van der Waals surface area contributed by atoms with Crippen molar-refractivity contribution in [1.29, 1.82) is 0 Å². The minimum Gasteiger partial charge on any atom is -0.507 e. The molecule has 0 bridgehead atoms. The molecule has 0 amide bonds. The molecule has 0 aromatic heterocycles. The first-order valence-corrected chi connectivity index (χ1v) is 4.95. The maximum absolute atomic E-state index is 9.41. The Hall–Kier alpha value is -0.540. The van der Waals surface area contributed by atoms with Crippen LogP contribution >= 0.6 is 15.9 Å². The molecule has 0 saturated carbocycles. The third-order valence-electron chi connectivity index (χ3n) is 1.70. The van der Waals surface area contributed by atoms with Crippen molar-refractivity contribution in [2.24, 2.45) is 5.73 Å². The summed E-state index contributed by atoms with van der Waals surface area (Å²) in [4.78, 5) is 0. The molecule has 72 valence electrons. The molecule has 0 spiro atoms. The van der Waals surface area contributed by atoms with Crippen molar-refractivity contribution < 1.29 is 5.11 Å². The summed E-state index contributed by atoms with van der Waals surface area (Å²) in [7, 11) is 0. The number of phenolic OH excluding ortho intramolecular Hbond substituents is 1. The summed E-state index contributed by atoms with van der Waals surface area (Å²) in [6.07, 6.45) is 0.738. The Kier molecular flexibility index (Phi) is 2.98. The van der Waals surface area contributed by atoms with Crippen molar-refractivity contribution in [1.82, 2.24) is 0 Å². The SMILES string of the molecule is CC(C)(N)Cc1cccc(O)c1Br. The molecular weight excluding hydrogens is 230 g/mol. The quantitative estimate of drug-likeness (QED) is 0.839. The Labute approximate surface area is 86.9 Å². The molecule has 3 N–H and O–H groups in total. The minimum absolute atomic E-state index is 0.254. The Morgan fingerprint density at radius 2 is 2.08 bits per heavy atom. The highest BCUT2D eigenvalue weighted by molar-refractivity contribution is 9.10. The lowest BCUT2D eigenvalue weighted by molar-refractivity contribution is 0.467. The van der Waals surface area contributed by atoms with Crippen molar-refractivity contribution >= 4 is 15.9 Å². The number of benzene rings is 1. The van der Waals surface area contributed by atoms with E-state index in [0.717, 1.165) is 16.5 Å². The predicted molar refractivity (Wildman–Crippen MR) is 57.8 cm³/mol. The summed E-state index contributed by atoms with van der Waals surface area (Å²) < 4.78 is 0.744. The number of nitrogens with two attached hydrogens (primary N) is 1. The topological polar surface area (TPSA) is 46.2 Å². The molecule has 13 heavy (non-hydrogen) atoms. The van der Waals surface area contributed by atoms with Crippen LogP contribution in [0, 0.1) is 0 Å². The first kappa shape index (κ1) is 10.5.